The van der Waals surface area contributed by atoms with Crippen molar-refractivity contribution < 1.29 is 0 Å². The number of rotatable bonds is 4. The third-order valence-corrected chi connectivity index (χ3v) is 4.31. The first-order chi connectivity index (χ1) is 9.08. The van der Waals surface area contributed by atoms with Crippen molar-refractivity contribution in [1.29, 1.82) is 0 Å². The molecule has 3 heteroatoms. The summed E-state index contributed by atoms with van der Waals surface area (Å²) in [6, 6.07) is 6.31. The lowest BCUT2D eigenvalue weighted by molar-refractivity contribution is 0.362. The highest BCUT2D eigenvalue weighted by Gasteiger charge is 2.17. The maximum Gasteiger partial charge on any atom is 0.106 e. The van der Waals surface area contributed by atoms with Crippen LogP contribution in [0.15, 0.2) is 18.2 Å². The van der Waals surface area contributed by atoms with E-state index in [-0.39, 0.29) is 0 Å². The van der Waals surface area contributed by atoms with Crippen molar-refractivity contribution in [2.24, 2.45) is 11.7 Å². The zero-order chi connectivity index (χ0) is 13.8. The van der Waals surface area contributed by atoms with E-state index in [4.69, 9.17) is 18.0 Å². The molecule has 1 saturated carbocycles. The Morgan fingerprint density at radius 2 is 2.00 bits per heavy atom. The van der Waals surface area contributed by atoms with Crippen molar-refractivity contribution >= 4 is 22.9 Å². The summed E-state index contributed by atoms with van der Waals surface area (Å²) in [6.45, 7) is 3.22. The molecule has 0 aromatic heterocycles. The summed E-state index contributed by atoms with van der Waals surface area (Å²) < 4.78 is 0. The zero-order valence-electron chi connectivity index (χ0n) is 12.0. The predicted molar refractivity (Wildman–Crippen MR) is 86.9 cm³/mol. The minimum Gasteiger partial charge on any atom is -0.389 e. The molecule has 0 unspecified atom stereocenters. The first kappa shape index (κ1) is 14.3. The largest absolute Gasteiger partial charge is 0.389 e. The van der Waals surface area contributed by atoms with E-state index in [1.54, 1.807) is 0 Å². The summed E-state index contributed by atoms with van der Waals surface area (Å²) in [7, 11) is 2.16. The number of nitrogens with zero attached hydrogens (tertiary/aromatic N) is 1. The van der Waals surface area contributed by atoms with Crippen LogP contribution >= 0.6 is 12.2 Å². The smallest absolute Gasteiger partial charge is 0.106 e. The molecule has 1 fully saturated rings. The molecule has 0 radical (unpaired) electrons. The molecule has 0 saturated heterocycles. The molecule has 1 aliphatic rings. The number of nitrogens with two attached hydrogens (primary N) is 1. The lowest BCUT2D eigenvalue weighted by Crippen LogP contribution is -2.28. The van der Waals surface area contributed by atoms with Gasteiger partial charge < -0.3 is 10.6 Å². The molecular weight excluding hydrogens is 252 g/mol. The first-order valence-corrected chi connectivity index (χ1v) is 7.60. The van der Waals surface area contributed by atoms with E-state index < -0.39 is 0 Å². The van der Waals surface area contributed by atoms with Gasteiger partial charge in [-0.15, -0.1) is 0 Å². The van der Waals surface area contributed by atoms with E-state index in [0.717, 1.165) is 18.0 Å². The minimum atomic E-state index is 0.491. The fraction of sp³-hybridized carbons (Fsp3) is 0.562. The number of anilines is 1. The quantitative estimate of drug-likeness (QED) is 0.851. The number of aryl methyl sites for hydroxylation is 1. The van der Waals surface area contributed by atoms with Crippen LogP contribution < -0.4 is 10.6 Å². The molecule has 0 heterocycles. The number of thiocarbonyl (C=S) groups is 1. The van der Waals surface area contributed by atoms with Crippen LogP contribution in [0.5, 0.6) is 0 Å². The van der Waals surface area contributed by atoms with E-state index in [0.29, 0.717) is 4.99 Å². The normalized spacial score (nSPS) is 16.3. The highest BCUT2D eigenvalue weighted by Crippen LogP contribution is 2.27. The number of hydrogen-bond acceptors (Lipinski definition) is 2. The second-order valence-corrected chi connectivity index (χ2v) is 6.21. The molecule has 2 nitrogen and oxygen atoms in total. The molecule has 0 aliphatic heterocycles. The van der Waals surface area contributed by atoms with Gasteiger partial charge in [-0.25, -0.2) is 0 Å². The minimum absolute atomic E-state index is 0.491. The van der Waals surface area contributed by atoms with E-state index in [1.165, 1.54) is 43.4 Å². The molecule has 0 spiro atoms. The van der Waals surface area contributed by atoms with Gasteiger partial charge in [-0.3, -0.25) is 0 Å². The molecule has 104 valence electrons. The Labute approximate surface area is 122 Å². The molecule has 2 rings (SSSR count). The van der Waals surface area contributed by atoms with Crippen LogP contribution in [0.4, 0.5) is 5.69 Å². The molecule has 0 bridgehead atoms. The summed E-state index contributed by atoms with van der Waals surface area (Å²) in [6.07, 6.45) is 6.89. The lowest BCUT2D eigenvalue weighted by atomic mass is 9.89. The summed E-state index contributed by atoms with van der Waals surface area (Å²) in [5.74, 6) is 0.818. The van der Waals surface area contributed by atoms with Gasteiger partial charge in [0.1, 0.15) is 4.99 Å². The second-order valence-electron chi connectivity index (χ2n) is 5.77. The van der Waals surface area contributed by atoms with Crippen LogP contribution in [0.1, 0.15) is 43.2 Å². The van der Waals surface area contributed by atoms with Gasteiger partial charge in [-0.1, -0.05) is 37.5 Å². The molecule has 0 amide bonds. The van der Waals surface area contributed by atoms with E-state index in [2.05, 4.69) is 31.0 Å². The van der Waals surface area contributed by atoms with E-state index in [1.807, 2.05) is 6.07 Å². The highest BCUT2D eigenvalue weighted by molar-refractivity contribution is 7.80. The van der Waals surface area contributed by atoms with Crippen molar-refractivity contribution in [2.75, 3.05) is 18.5 Å². The zero-order valence-corrected chi connectivity index (χ0v) is 12.8. The van der Waals surface area contributed by atoms with Crippen molar-refractivity contribution in [1.82, 2.24) is 0 Å². The van der Waals surface area contributed by atoms with Crippen molar-refractivity contribution in [2.45, 2.75) is 39.0 Å². The SMILES string of the molecule is Cc1ccc(C(N)=S)c(N(C)CC2CCCCC2)c1. The topological polar surface area (TPSA) is 29.3 Å². The lowest BCUT2D eigenvalue weighted by Gasteiger charge is -2.29. The van der Waals surface area contributed by atoms with Crippen molar-refractivity contribution in [3.63, 3.8) is 0 Å². The predicted octanol–water partition coefficient (Wildman–Crippen LogP) is 3.65. The van der Waals surface area contributed by atoms with Gasteiger partial charge in [0, 0.05) is 24.8 Å². The van der Waals surface area contributed by atoms with E-state index in [9.17, 15) is 0 Å². The van der Waals surface area contributed by atoms with E-state index >= 15 is 0 Å². The van der Waals surface area contributed by atoms with Crippen LogP contribution in [-0.2, 0) is 0 Å². The average Bonchev–Trinajstić information content (AvgIpc) is 2.39. The summed E-state index contributed by atoms with van der Waals surface area (Å²) in [5, 5.41) is 0. The first-order valence-electron chi connectivity index (χ1n) is 7.19. The van der Waals surface area contributed by atoms with Gasteiger partial charge >= 0.3 is 0 Å². The molecule has 0 atom stereocenters. The Bertz CT molecular complexity index is 450. The number of hydrogen-bond donors (Lipinski definition) is 1. The molecule has 2 N–H and O–H groups in total. The second kappa shape index (κ2) is 6.38. The summed E-state index contributed by atoms with van der Waals surface area (Å²) >= 11 is 5.17. The Morgan fingerprint density at radius 1 is 1.32 bits per heavy atom. The Hall–Kier alpha value is -1.09. The van der Waals surface area contributed by atoms with Crippen LogP contribution in [0, 0.1) is 12.8 Å². The Kier molecular flexibility index (Phi) is 4.81. The molecular formula is C16H24N2S. The third-order valence-electron chi connectivity index (χ3n) is 4.09. The third kappa shape index (κ3) is 3.69. The number of benzene rings is 1. The average molecular weight is 276 g/mol. The highest BCUT2D eigenvalue weighted by atomic mass is 32.1. The van der Waals surface area contributed by atoms with Gasteiger partial charge in [-0.2, -0.15) is 0 Å². The molecule has 1 aromatic rings. The van der Waals surface area contributed by atoms with Gasteiger partial charge in [0.25, 0.3) is 0 Å². The summed E-state index contributed by atoms with van der Waals surface area (Å²) in [4.78, 5) is 2.82. The maximum absolute atomic E-state index is 5.84. The Morgan fingerprint density at radius 3 is 2.63 bits per heavy atom. The van der Waals surface area contributed by atoms with Crippen molar-refractivity contribution in [3.05, 3.63) is 29.3 Å². The molecule has 1 aromatic carbocycles. The fourth-order valence-electron chi connectivity index (χ4n) is 3.02. The van der Waals surface area contributed by atoms with Crippen LogP contribution in [0.25, 0.3) is 0 Å². The van der Waals surface area contributed by atoms with Crippen molar-refractivity contribution in [3.8, 4) is 0 Å². The standard InChI is InChI=1S/C16H24N2S/c1-12-8-9-14(16(17)19)15(10-12)18(2)11-13-6-4-3-5-7-13/h8-10,13H,3-7,11H2,1-2H3,(H2,17,19). The van der Waals surface area contributed by atoms with Crippen LogP contribution in [0.2, 0.25) is 0 Å². The monoisotopic (exact) mass is 276 g/mol. The van der Waals surface area contributed by atoms with Gasteiger partial charge in [0.05, 0.1) is 0 Å². The van der Waals surface area contributed by atoms with Gasteiger partial charge in [0.2, 0.25) is 0 Å². The van der Waals surface area contributed by atoms with Crippen LogP contribution in [0.3, 0.4) is 0 Å². The molecule has 1 aliphatic carbocycles. The van der Waals surface area contributed by atoms with Gasteiger partial charge in [-0.05, 0) is 43.4 Å². The van der Waals surface area contributed by atoms with Gasteiger partial charge in [0.15, 0.2) is 0 Å². The molecule has 19 heavy (non-hydrogen) atoms. The maximum atomic E-state index is 5.84. The Balaban J connectivity index is 2.14. The van der Waals surface area contributed by atoms with Crippen LogP contribution in [-0.4, -0.2) is 18.6 Å². The fourth-order valence-corrected chi connectivity index (χ4v) is 3.19. The summed E-state index contributed by atoms with van der Waals surface area (Å²) in [5.41, 5.74) is 9.27.